The van der Waals surface area contributed by atoms with Gasteiger partial charge in [0.25, 0.3) is 5.91 Å². The van der Waals surface area contributed by atoms with Gasteiger partial charge in [-0.1, -0.05) is 0 Å². The largest absolute Gasteiger partial charge is 0.391 e. The Morgan fingerprint density at radius 1 is 1.00 bits per heavy atom. The Morgan fingerprint density at radius 3 is 2.30 bits per heavy atom. The predicted molar refractivity (Wildman–Crippen MR) is 102 cm³/mol. The highest BCUT2D eigenvalue weighted by Gasteiger charge is 2.36. The lowest BCUT2D eigenvalue weighted by molar-refractivity contribution is 0.0627. The third-order valence-electron chi connectivity index (χ3n) is 5.88. The van der Waals surface area contributed by atoms with Gasteiger partial charge in [0.2, 0.25) is 0 Å². The summed E-state index contributed by atoms with van der Waals surface area (Å²) in [7, 11) is 0. The number of β-amino-alcohol motifs (C(OH)–C–C–N with tert-alkyl or cyclic N) is 1. The van der Waals surface area contributed by atoms with Crippen LogP contribution in [0.4, 0.5) is 0 Å². The number of hydrogen-bond donors (Lipinski definition) is 1. The van der Waals surface area contributed by atoms with Gasteiger partial charge in [0.05, 0.1) is 6.10 Å². The van der Waals surface area contributed by atoms with E-state index in [1.807, 2.05) is 29.4 Å². The minimum Gasteiger partial charge on any atom is -0.391 e. The van der Waals surface area contributed by atoms with Crippen LogP contribution in [0.3, 0.4) is 0 Å². The maximum Gasteiger partial charge on any atom is 0.253 e. The Kier molecular flexibility index (Phi) is 5.45. The zero-order valence-corrected chi connectivity index (χ0v) is 15.4. The number of nitrogens with zero attached hydrogens (tertiary/aromatic N) is 4. The number of carbonyl (C=O) groups is 1. The molecule has 2 aliphatic rings. The lowest BCUT2D eigenvalue weighted by atomic mass is 9.97. The first-order valence-corrected chi connectivity index (χ1v) is 9.71. The Labute approximate surface area is 159 Å². The minimum absolute atomic E-state index is 0.0906. The molecule has 4 heterocycles. The number of rotatable bonds is 4. The molecule has 2 saturated heterocycles. The molecule has 2 aromatic rings. The molecule has 2 fully saturated rings. The summed E-state index contributed by atoms with van der Waals surface area (Å²) in [5.74, 6) is 0.358. The first-order valence-electron chi connectivity index (χ1n) is 9.71. The van der Waals surface area contributed by atoms with Gasteiger partial charge >= 0.3 is 0 Å². The van der Waals surface area contributed by atoms with E-state index in [0.717, 1.165) is 45.4 Å². The summed E-state index contributed by atoms with van der Waals surface area (Å²) in [5, 5.41) is 10.5. The number of aromatic nitrogens is 2. The highest BCUT2D eigenvalue weighted by atomic mass is 16.3. The molecule has 142 valence electrons. The van der Waals surface area contributed by atoms with Crippen LogP contribution in [-0.2, 0) is 6.42 Å². The topological polar surface area (TPSA) is 69.6 Å². The minimum atomic E-state index is -0.283. The van der Waals surface area contributed by atoms with Crippen LogP contribution in [0, 0.1) is 5.92 Å². The molecule has 2 aliphatic heterocycles. The van der Waals surface area contributed by atoms with Crippen LogP contribution in [0.1, 0.15) is 28.8 Å². The molecule has 2 aromatic heterocycles. The summed E-state index contributed by atoms with van der Waals surface area (Å²) in [5.41, 5.74) is 1.94. The molecular formula is C21H26N4O2. The first kappa shape index (κ1) is 18.1. The van der Waals surface area contributed by atoms with Gasteiger partial charge in [0.15, 0.2) is 0 Å². The number of likely N-dealkylation sites (tertiary alicyclic amines) is 2. The van der Waals surface area contributed by atoms with Crippen LogP contribution < -0.4 is 0 Å². The Morgan fingerprint density at radius 2 is 1.63 bits per heavy atom. The summed E-state index contributed by atoms with van der Waals surface area (Å²) in [6.45, 7) is 3.20. The molecule has 0 unspecified atom stereocenters. The summed E-state index contributed by atoms with van der Waals surface area (Å²) >= 11 is 0. The van der Waals surface area contributed by atoms with Crippen LogP contribution in [0.25, 0.3) is 0 Å². The third-order valence-corrected chi connectivity index (χ3v) is 5.88. The van der Waals surface area contributed by atoms with E-state index < -0.39 is 0 Å². The van der Waals surface area contributed by atoms with E-state index >= 15 is 0 Å². The fourth-order valence-corrected chi connectivity index (χ4v) is 4.32. The van der Waals surface area contributed by atoms with E-state index in [1.165, 1.54) is 5.56 Å². The number of aliphatic hydroxyl groups is 1. The maximum absolute atomic E-state index is 12.6. The van der Waals surface area contributed by atoms with Crippen molar-refractivity contribution in [2.45, 2.75) is 31.4 Å². The monoisotopic (exact) mass is 366 g/mol. The van der Waals surface area contributed by atoms with Crippen molar-refractivity contribution >= 4 is 5.91 Å². The molecule has 27 heavy (non-hydrogen) atoms. The Balaban J connectivity index is 1.30. The van der Waals surface area contributed by atoms with Gasteiger partial charge in [-0.2, -0.15) is 0 Å². The third kappa shape index (κ3) is 4.17. The second kappa shape index (κ2) is 8.15. The molecule has 1 amide bonds. The Bertz CT molecular complexity index is 747. The second-order valence-corrected chi connectivity index (χ2v) is 7.60. The van der Waals surface area contributed by atoms with Gasteiger partial charge < -0.3 is 10.0 Å². The number of piperidine rings is 1. The highest BCUT2D eigenvalue weighted by molar-refractivity contribution is 5.94. The standard InChI is InChI=1S/C21H26N4O2/c26-20-15-25(14-18(20)13-16-1-7-22-8-2-16)19-5-11-24(12-6-19)21(27)17-3-9-23-10-4-17/h1-4,7-10,18-20,26H,5-6,11-15H2/t18-,20+/m1/s1. The van der Waals surface area contributed by atoms with E-state index in [-0.39, 0.29) is 17.9 Å². The molecule has 0 saturated carbocycles. The molecule has 0 radical (unpaired) electrons. The fourth-order valence-electron chi connectivity index (χ4n) is 4.32. The van der Waals surface area contributed by atoms with E-state index in [1.54, 1.807) is 24.5 Å². The average molecular weight is 366 g/mol. The van der Waals surface area contributed by atoms with Crippen molar-refractivity contribution in [1.82, 2.24) is 19.8 Å². The fraction of sp³-hybridized carbons (Fsp3) is 0.476. The molecule has 0 aromatic carbocycles. The molecule has 1 N–H and O–H groups in total. The molecule has 6 heteroatoms. The van der Waals surface area contributed by atoms with Crippen molar-refractivity contribution in [1.29, 1.82) is 0 Å². The van der Waals surface area contributed by atoms with Crippen LogP contribution >= 0.6 is 0 Å². The number of carbonyl (C=O) groups excluding carboxylic acids is 1. The van der Waals surface area contributed by atoms with Crippen molar-refractivity contribution in [2.24, 2.45) is 5.92 Å². The normalized spacial score (nSPS) is 24.3. The first-order chi connectivity index (χ1) is 13.2. The zero-order valence-electron chi connectivity index (χ0n) is 15.4. The van der Waals surface area contributed by atoms with Crippen molar-refractivity contribution in [3.05, 3.63) is 60.2 Å². The molecule has 6 nitrogen and oxygen atoms in total. The van der Waals surface area contributed by atoms with Crippen LogP contribution in [-0.4, -0.2) is 69.1 Å². The van der Waals surface area contributed by atoms with Gasteiger partial charge in [0, 0.05) is 68.5 Å². The lowest BCUT2D eigenvalue weighted by Gasteiger charge is -2.36. The van der Waals surface area contributed by atoms with Crippen molar-refractivity contribution < 1.29 is 9.90 Å². The molecule has 2 atom stereocenters. The molecule has 0 bridgehead atoms. The van der Waals surface area contributed by atoms with Gasteiger partial charge in [-0.15, -0.1) is 0 Å². The molecular weight excluding hydrogens is 340 g/mol. The smallest absolute Gasteiger partial charge is 0.253 e. The van der Waals surface area contributed by atoms with Gasteiger partial charge in [-0.25, -0.2) is 0 Å². The van der Waals surface area contributed by atoms with Gasteiger partial charge in [0.1, 0.15) is 0 Å². The van der Waals surface area contributed by atoms with Crippen molar-refractivity contribution in [2.75, 3.05) is 26.2 Å². The molecule has 0 aliphatic carbocycles. The summed E-state index contributed by atoms with van der Waals surface area (Å²) < 4.78 is 0. The van der Waals surface area contributed by atoms with E-state index in [9.17, 15) is 9.90 Å². The predicted octanol–water partition coefficient (Wildman–Crippen LogP) is 1.62. The summed E-state index contributed by atoms with van der Waals surface area (Å²) in [4.78, 5) is 25.0. The van der Waals surface area contributed by atoms with E-state index in [0.29, 0.717) is 11.6 Å². The Hall–Kier alpha value is -2.31. The second-order valence-electron chi connectivity index (χ2n) is 7.60. The number of aliphatic hydroxyl groups excluding tert-OH is 1. The molecule has 0 spiro atoms. The van der Waals surface area contributed by atoms with Gasteiger partial charge in [-0.05, 0) is 49.1 Å². The van der Waals surface area contributed by atoms with E-state index in [4.69, 9.17) is 0 Å². The summed E-state index contributed by atoms with van der Waals surface area (Å²) in [6, 6.07) is 8.05. The zero-order chi connectivity index (χ0) is 18.6. The highest BCUT2D eigenvalue weighted by Crippen LogP contribution is 2.27. The number of pyridine rings is 2. The quantitative estimate of drug-likeness (QED) is 0.890. The maximum atomic E-state index is 12.6. The average Bonchev–Trinajstić information content (AvgIpc) is 3.09. The van der Waals surface area contributed by atoms with Gasteiger partial charge in [-0.3, -0.25) is 19.7 Å². The van der Waals surface area contributed by atoms with Crippen LogP contribution in [0.2, 0.25) is 0 Å². The summed E-state index contributed by atoms with van der Waals surface area (Å²) in [6.07, 6.45) is 9.47. The van der Waals surface area contributed by atoms with Crippen LogP contribution in [0.15, 0.2) is 49.1 Å². The van der Waals surface area contributed by atoms with E-state index in [2.05, 4.69) is 14.9 Å². The molecule has 4 rings (SSSR count). The van der Waals surface area contributed by atoms with Crippen molar-refractivity contribution in [3.63, 3.8) is 0 Å². The lowest BCUT2D eigenvalue weighted by Crippen LogP contribution is -2.46. The van der Waals surface area contributed by atoms with Crippen molar-refractivity contribution in [3.8, 4) is 0 Å². The number of amides is 1. The number of hydrogen-bond acceptors (Lipinski definition) is 5. The SMILES string of the molecule is O=C(c1ccncc1)N1CCC(N2C[C@@H](Cc3ccncc3)[C@@H](O)C2)CC1. The van der Waals surface area contributed by atoms with Crippen LogP contribution in [0.5, 0.6) is 0 Å².